The monoisotopic (exact) mass is 420 g/mol. The molecule has 2 rings (SSSR count). The van der Waals surface area contributed by atoms with E-state index in [2.05, 4.69) is 12.2 Å². The van der Waals surface area contributed by atoms with Crippen molar-refractivity contribution >= 4 is 21.6 Å². The first-order valence-corrected chi connectivity index (χ1v) is 11.0. The van der Waals surface area contributed by atoms with Gasteiger partial charge >= 0.3 is 0 Å². The van der Waals surface area contributed by atoms with Crippen LogP contribution in [0.3, 0.4) is 0 Å². The molecule has 0 atom stereocenters. The van der Waals surface area contributed by atoms with E-state index in [4.69, 9.17) is 9.47 Å². The van der Waals surface area contributed by atoms with Crippen molar-refractivity contribution in [2.75, 3.05) is 32.6 Å². The van der Waals surface area contributed by atoms with Gasteiger partial charge in [0.25, 0.3) is 5.91 Å². The number of unbranched alkanes of at least 4 members (excludes halogenated alkanes) is 1. The highest BCUT2D eigenvalue weighted by Crippen LogP contribution is 2.29. The molecule has 0 aliphatic heterocycles. The van der Waals surface area contributed by atoms with Gasteiger partial charge in [0.05, 0.1) is 18.1 Å². The number of nitrogens with zero attached hydrogens (tertiary/aromatic N) is 1. The zero-order valence-corrected chi connectivity index (χ0v) is 18.1. The van der Waals surface area contributed by atoms with Crippen molar-refractivity contribution < 1.29 is 22.7 Å². The first-order valence-electron chi connectivity index (χ1n) is 9.53. The number of benzene rings is 2. The molecule has 0 spiro atoms. The van der Waals surface area contributed by atoms with Gasteiger partial charge in [-0.2, -0.15) is 0 Å². The molecule has 7 nitrogen and oxygen atoms in total. The summed E-state index contributed by atoms with van der Waals surface area (Å²) in [5.41, 5.74) is 0.774. The normalized spacial score (nSPS) is 11.3. The van der Waals surface area contributed by atoms with Gasteiger partial charge in [-0.1, -0.05) is 19.4 Å². The lowest BCUT2D eigenvalue weighted by Crippen LogP contribution is -2.22. The van der Waals surface area contributed by atoms with Crippen molar-refractivity contribution in [3.63, 3.8) is 0 Å². The minimum atomic E-state index is -3.59. The predicted molar refractivity (Wildman–Crippen MR) is 113 cm³/mol. The summed E-state index contributed by atoms with van der Waals surface area (Å²) < 4.78 is 37.0. The first-order chi connectivity index (χ1) is 13.8. The average Bonchev–Trinajstić information content (AvgIpc) is 2.69. The minimum absolute atomic E-state index is 0.106. The number of nitrogens with one attached hydrogen (secondary N) is 1. The van der Waals surface area contributed by atoms with Gasteiger partial charge in [-0.25, -0.2) is 12.7 Å². The molecule has 0 radical (unpaired) electrons. The van der Waals surface area contributed by atoms with E-state index in [9.17, 15) is 13.2 Å². The van der Waals surface area contributed by atoms with E-state index < -0.39 is 10.0 Å². The van der Waals surface area contributed by atoms with Crippen LogP contribution in [-0.2, 0) is 10.0 Å². The van der Waals surface area contributed by atoms with Crippen LogP contribution < -0.4 is 14.8 Å². The third kappa shape index (κ3) is 5.95. The van der Waals surface area contributed by atoms with Crippen molar-refractivity contribution in [1.29, 1.82) is 0 Å². The zero-order valence-electron chi connectivity index (χ0n) is 17.3. The van der Waals surface area contributed by atoms with Crippen molar-refractivity contribution in [2.24, 2.45) is 0 Å². The molecule has 0 fully saturated rings. The van der Waals surface area contributed by atoms with Crippen LogP contribution in [0.1, 0.15) is 37.0 Å². The Kier molecular flexibility index (Phi) is 8.04. The SMILES string of the molecule is CCCCOc1ccc(C(=O)Nc2cccc(S(=O)(=O)N(C)C)c2)cc1OCC. The van der Waals surface area contributed by atoms with E-state index in [0.717, 1.165) is 17.1 Å². The van der Waals surface area contributed by atoms with Gasteiger partial charge in [0, 0.05) is 25.3 Å². The molecule has 8 heteroatoms. The van der Waals surface area contributed by atoms with Gasteiger partial charge in [0.1, 0.15) is 0 Å². The topological polar surface area (TPSA) is 84.9 Å². The van der Waals surface area contributed by atoms with Crippen molar-refractivity contribution in [2.45, 2.75) is 31.6 Å². The van der Waals surface area contributed by atoms with E-state index in [1.807, 2.05) is 6.92 Å². The molecule has 0 saturated carbocycles. The summed E-state index contributed by atoms with van der Waals surface area (Å²) in [4.78, 5) is 12.8. The van der Waals surface area contributed by atoms with Crippen LogP contribution in [0, 0.1) is 0 Å². The van der Waals surface area contributed by atoms with Gasteiger partial charge in [0.15, 0.2) is 11.5 Å². The van der Waals surface area contributed by atoms with Crippen LogP contribution >= 0.6 is 0 Å². The van der Waals surface area contributed by atoms with Crippen LogP contribution in [0.4, 0.5) is 5.69 Å². The number of anilines is 1. The highest BCUT2D eigenvalue weighted by molar-refractivity contribution is 7.89. The number of ether oxygens (including phenoxy) is 2. The molecule has 0 aromatic heterocycles. The van der Waals surface area contributed by atoms with Crippen molar-refractivity contribution in [1.82, 2.24) is 4.31 Å². The Morgan fingerprint density at radius 3 is 2.45 bits per heavy atom. The molecule has 158 valence electrons. The summed E-state index contributed by atoms with van der Waals surface area (Å²) in [6.45, 7) is 4.97. The Morgan fingerprint density at radius 1 is 1.03 bits per heavy atom. The molecular formula is C21H28N2O5S. The Labute approximate surface area is 172 Å². The average molecular weight is 421 g/mol. The number of rotatable bonds is 10. The summed E-state index contributed by atoms with van der Waals surface area (Å²) >= 11 is 0. The third-order valence-electron chi connectivity index (χ3n) is 4.13. The van der Waals surface area contributed by atoms with Crippen molar-refractivity contribution in [3.05, 3.63) is 48.0 Å². The Bertz CT molecular complexity index is 942. The highest BCUT2D eigenvalue weighted by atomic mass is 32.2. The molecule has 0 saturated heterocycles. The quantitative estimate of drug-likeness (QED) is 0.592. The van der Waals surface area contributed by atoms with Crippen LogP contribution in [-0.4, -0.2) is 45.9 Å². The molecule has 2 aromatic carbocycles. The molecule has 0 aliphatic carbocycles. The lowest BCUT2D eigenvalue weighted by molar-refractivity contribution is 0.102. The summed E-state index contributed by atoms with van der Waals surface area (Å²) in [6, 6.07) is 11.1. The standard InChI is InChI=1S/C21H28N2O5S/c1-5-7-13-28-19-12-11-16(14-20(19)27-6-2)21(24)22-17-9-8-10-18(15-17)29(25,26)23(3)4/h8-12,14-15H,5-7,13H2,1-4H3,(H,22,24). The molecule has 2 aromatic rings. The Morgan fingerprint density at radius 2 is 1.79 bits per heavy atom. The number of carbonyl (C=O) groups excluding carboxylic acids is 1. The molecule has 0 heterocycles. The molecule has 1 N–H and O–H groups in total. The number of amides is 1. The van der Waals surface area contributed by atoms with Gasteiger partial charge in [-0.15, -0.1) is 0 Å². The van der Waals surface area contributed by atoms with Gasteiger partial charge in [-0.3, -0.25) is 4.79 Å². The fourth-order valence-electron chi connectivity index (χ4n) is 2.51. The maximum Gasteiger partial charge on any atom is 0.255 e. The molecule has 0 bridgehead atoms. The lowest BCUT2D eigenvalue weighted by atomic mass is 10.1. The Hall–Kier alpha value is -2.58. The second kappa shape index (κ2) is 10.3. The summed E-state index contributed by atoms with van der Waals surface area (Å²) in [5.74, 6) is 0.724. The van der Waals surface area contributed by atoms with Gasteiger partial charge in [-0.05, 0) is 49.7 Å². The summed E-state index contributed by atoms with van der Waals surface area (Å²) in [6.07, 6.45) is 1.95. The number of hydrogen-bond acceptors (Lipinski definition) is 5. The van der Waals surface area contributed by atoms with E-state index >= 15 is 0 Å². The number of hydrogen-bond donors (Lipinski definition) is 1. The largest absolute Gasteiger partial charge is 0.490 e. The van der Waals surface area contributed by atoms with Gasteiger partial charge in [0.2, 0.25) is 10.0 Å². The van der Waals surface area contributed by atoms with E-state index in [1.165, 1.54) is 26.2 Å². The van der Waals surface area contributed by atoms with Crippen LogP contribution in [0.25, 0.3) is 0 Å². The van der Waals surface area contributed by atoms with Crippen LogP contribution in [0.5, 0.6) is 11.5 Å². The minimum Gasteiger partial charge on any atom is -0.490 e. The Balaban J connectivity index is 2.21. The predicted octanol–water partition coefficient (Wildman–Crippen LogP) is 3.77. The molecule has 0 unspecified atom stereocenters. The second-order valence-electron chi connectivity index (χ2n) is 6.57. The molecule has 29 heavy (non-hydrogen) atoms. The van der Waals surface area contributed by atoms with Crippen molar-refractivity contribution in [3.8, 4) is 11.5 Å². The lowest BCUT2D eigenvalue weighted by Gasteiger charge is -2.14. The zero-order chi connectivity index (χ0) is 21.4. The smallest absolute Gasteiger partial charge is 0.255 e. The number of carbonyl (C=O) groups is 1. The highest BCUT2D eigenvalue weighted by Gasteiger charge is 2.18. The van der Waals surface area contributed by atoms with Gasteiger partial charge < -0.3 is 14.8 Å². The maximum atomic E-state index is 12.7. The maximum absolute atomic E-state index is 12.7. The molecular weight excluding hydrogens is 392 g/mol. The van der Waals surface area contributed by atoms with E-state index in [-0.39, 0.29) is 10.8 Å². The number of sulfonamides is 1. The molecule has 0 aliphatic rings. The van der Waals surface area contributed by atoms with Crippen LogP contribution in [0.15, 0.2) is 47.4 Å². The van der Waals surface area contributed by atoms with E-state index in [0.29, 0.717) is 36.0 Å². The summed E-state index contributed by atoms with van der Waals surface area (Å²) in [5, 5.41) is 2.73. The van der Waals surface area contributed by atoms with E-state index in [1.54, 1.807) is 30.3 Å². The molecule has 1 amide bonds. The fourth-order valence-corrected chi connectivity index (χ4v) is 3.46. The third-order valence-corrected chi connectivity index (χ3v) is 5.94. The second-order valence-corrected chi connectivity index (χ2v) is 8.72. The first kappa shape index (κ1) is 22.7. The summed E-state index contributed by atoms with van der Waals surface area (Å²) in [7, 11) is -0.669. The fraction of sp³-hybridized carbons (Fsp3) is 0.381. The van der Waals surface area contributed by atoms with Crippen LogP contribution in [0.2, 0.25) is 0 Å².